The molecule has 0 amide bonds. The highest BCUT2D eigenvalue weighted by molar-refractivity contribution is 6.31. The van der Waals surface area contributed by atoms with Gasteiger partial charge in [-0.25, -0.2) is 0 Å². The molecule has 0 aliphatic carbocycles. The maximum atomic E-state index is 11.8. The van der Waals surface area contributed by atoms with E-state index < -0.39 is 5.97 Å². The number of hydrogen-bond acceptors (Lipinski definition) is 2. The van der Waals surface area contributed by atoms with Gasteiger partial charge < -0.3 is 9.67 Å². The van der Waals surface area contributed by atoms with Crippen molar-refractivity contribution < 1.29 is 9.90 Å². The Balaban J connectivity index is 2.66. The van der Waals surface area contributed by atoms with E-state index in [0.717, 1.165) is 4.57 Å². The molecule has 16 heavy (non-hydrogen) atoms. The van der Waals surface area contributed by atoms with Gasteiger partial charge in [0.05, 0.1) is 0 Å². The molecule has 0 saturated carbocycles. The lowest BCUT2D eigenvalue weighted by molar-refractivity contribution is -0.137. The number of aromatic nitrogens is 1. The molecule has 0 atom stereocenters. The van der Waals surface area contributed by atoms with Gasteiger partial charge in [0.15, 0.2) is 0 Å². The molecule has 0 saturated heterocycles. The Kier molecular flexibility index (Phi) is 2.66. The molecule has 0 aliphatic rings. The lowest BCUT2D eigenvalue weighted by Gasteiger charge is -2.04. The number of aliphatic carboxylic acids is 1. The second-order valence-corrected chi connectivity index (χ2v) is 3.81. The van der Waals surface area contributed by atoms with Crippen LogP contribution in [0.2, 0.25) is 5.02 Å². The van der Waals surface area contributed by atoms with Crippen molar-refractivity contribution in [3.05, 3.63) is 45.8 Å². The summed E-state index contributed by atoms with van der Waals surface area (Å²) in [6.07, 6.45) is 1.45. The minimum Gasteiger partial charge on any atom is -0.480 e. The van der Waals surface area contributed by atoms with Crippen LogP contribution >= 0.6 is 11.6 Å². The first-order valence-electron chi connectivity index (χ1n) is 4.58. The molecule has 0 aliphatic heterocycles. The van der Waals surface area contributed by atoms with E-state index in [9.17, 15) is 9.59 Å². The molecule has 1 aromatic heterocycles. The number of nitrogens with zero attached hydrogens (tertiary/aromatic N) is 1. The number of pyridine rings is 1. The van der Waals surface area contributed by atoms with E-state index in [1.807, 2.05) is 0 Å². The summed E-state index contributed by atoms with van der Waals surface area (Å²) < 4.78 is 1.15. The summed E-state index contributed by atoms with van der Waals surface area (Å²) in [7, 11) is 0. The molecule has 0 unspecified atom stereocenters. The number of rotatable bonds is 2. The predicted molar refractivity (Wildman–Crippen MR) is 60.9 cm³/mol. The van der Waals surface area contributed by atoms with Crippen molar-refractivity contribution in [2.45, 2.75) is 6.54 Å². The van der Waals surface area contributed by atoms with Crippen molar-refractivity contribution in [2.75, 3.05) is 0 Å². The summed E-state index contributed by atoms with van der Waals surface area (Å²) in [5, 5.41) is 10.3. The summed E-state index contributed by atoms with van der Waals surface area (Å²) in [4.78, 5) is 22.4. The fourth-order valence-electron chi connectivity index (χ4n) is 1.53. The van der Waals surface area contributed by atoms with Gasteiger partial charge in [-0.15, -0.1) is 0 Å². The Labute approximate surface area is 95.7 Å². The van der Waals surface area contributed by atoms with Crippen molar-refractivity contribution >= 4 is 28.3 Å². The SMILES string of the molecule is O=C(O)Cn1ccc2cc(Cl)ccc2c1=O. The number of carboxylic acids is 1. The highest BCUT2D eigenvalue weighted by Gasteiger charge is 2.05. The van der Waals surface area contributed by atoms with Crippen molar-refractivity contribution in [3.8, 4) is 0 Å². The molecule has 0 radical (unpaired) electrons. The molecule has 0 fully saturated rings. The van der Waals surface area contributed by atoms with Gasteiger partial charge in [0, 0.05) is 16.6 Å². The zero-order chi connectivity index (χ0) is 11.7. The average molecular weight is 238 g/mol. The Bertz CT molecular complexity index is 618. The third-order valence-electron chi connectivity index (χ3n) is 2.24. The third kappa shape index (κ3) is 1.92. The molecular weight excluding hydrogens is 230 g/mol. The number of carboxylic acid groups (broad SMARTS) is 1. The second-order valence-electron chi connectivity index (χ2n) is 3.37. The molecule has 82 valence electrons. The van der Waals surface area contributed by atoms with Crippen LogP contribution in [-0.4, -0.2) is 15.6 Å². The number of carbonyl (C=O) groups is 1. The zero-order valence-corrected chi connectivity index (χ0v) is 8.94. The van der Waals surface area contributed by atoms with Crippen LogP contribution in [0.1, 0.15) is 0 Å². The number of fused-ring (bicyclic) bond motifs is 1. The first-order chi connectivity index (χ1) is 7.58. The summed E-state index contributed by atoms with van der Waals surface area (Å²) in [5.74, 6) is -1.05. The van der Waals surface area contributed by atoms with Gasteiger partial charge in [-0.2, -0.15) is 0 Å². The Morgan fingerprint density at radius 3 is 2.81 bits per heavy atom. The van der Waals surface area contributed by atoms with Gasteiger partial charge in [-0.3, -0.25) is 9.59 Å². The van der Waals surface area contributed by atoms with Gasteiger partial charge >= 0.3 is 5.97 Å². The van der Waals surface area contributed by atoms with Crippen LogP contribution in [0.25, 0.3) is 10.8 Å². The van der Waals surface area contributed by atoms with E-state index >= 15 is 0 Å². The van der Waals surface area contributed by atoms with E-state index in [1.165, 1.54) is 6.20 Å². The topological polar surface area (TPSA) is 59.3 Å². The quantitative estimate of drug-likeness (QED) is 0.866. The van der Waals surface area contributed by atoms with Crippen LogP contribution in [-0.2, 0) is 11.3 Å². The molecule has 5 heteroatoms. The van der Waals surface area contributed by atoms with Crippen LogP contribution in [0.15, 0.2) is 35.3 Å². The van der Waals surface area contributed by atoms with Crippen molar-refractivity contribution in [1.82, 2.24) is 4.57 Å². The van der Waals surface area contributed by atoms with E-state index in [2.05, 4.69) is 0 Å². The first kappa shape index (κ1) is 10.7. The molecule has 1 N–H and O–H groups in total. The Morgan fingerprint density at radius 2 is 2.12 bits per heavy atom. The second kappa shape index (κ2) is 3.98. The van der Waals surface area contributed by atoms with Gasteiger partial charge in [0.25, 0.3) is 5.56 Å². The van der Waals surface area contributed by atoms with Crippen LogP contribution in [0.3, 0.4) is 0 Å². The molecule has 1 aromatic carbocycles. The van der Waals surface area contributed by atoms with Crippen LogP contribution < -0.4 is 5.56 Å². The van der Waals surface area contributed by atoms with E-state index in [0.29, 0.717) is 15.8 Å². The van der Waals surface area contributed by atoms with Gasteiger partial charge in [-0.1, -0.05) is 11.6 Å². The van der Waals surface area contributed by atoms with Crippen LogP contribution in [0, 0.1) is 0 Å². The predicted octanol–water partition coefficient (Wildman–Crippen LogP) is 1.74. The highest BCUT2D eigenvalue weighted by atomic mass is 35.5. The minimum atomic E-state index is -1.05. The fourth-order valence-corrected chi connectivity index (χ4v) is 1.71. The Morgan fingerprint density at radius 1 is 1.38 bits per heavy atom. The fraction of sp³-hybridized carbons (Fsp3) is 0.0909. The zero-order valence-electron chi connectivity index (χ0n) is 8.18. The number of benzene rings is 1. The van der Waals surface area contributed by atoms with E-state index in [4.69, 9.17) is 16.7 Å². The first-order valence-corrected chi connectivity index (χ1v) is 4.96. The summed E-state index contributed by atoms with van der Waals surface area (Å²) >= 11 is 5.79. The van der Waals surface area contributed by atoms with Crippen molar-refractivity contribution in [1.29, 1.82) is 0 Å². The molecule has 2 rings (SSSR count). The van der Waals surface area contributed by atoms with Gasteiger partial charge in [0.1, 0.15) is 6.54 Å². The molecular formula is C11H8ClNO3. The van der Waals surface area contributed by atoms with Gasteiger partial charge in [0.2, 0.25) is 0 Å². The lowest BCUT2D eigenvalue weighted by atomic mass is 10.2. The maximum Gasteiger partial charge on any atom is 0.323 e. The van der Waals surface area contributed by atoms with Crippen molar-refractivity contribution in [3.63, 3.8) is 0 Å². The normalized spacial score (nSPS) is 10.6. The van der Waals surface area contributed by atoms with E-state index in [-0.39, 0.29) is 12.1 Å². The Hall–Kier alpha value is -1.81. The molecule has 2 aromatic rings. The highest BCUT2D eigenvalue weighted by Crippen LogP contribution is 2.15. The average Bonchev–Trinajstić information content (AvgIpc) is 2.22. The van der Waals surface area contributed by atoms with Crippen LogP contribution in [0.4, 0.5) is 0 Å². The minimum absolute atomic E-state index is 0.323. The molecule has 1 heterocycles. The summed E-state index contributed by atoms with van der Waals surface area (Å²) in [6.45, 7) is -0.336. The summed E-state index contributed by atoms with van der Waals surface area (Å²) in [5.41, 5.74) is -0.323. The lowest BCUT2D eigenvalue weighted by Crippen LogP contribution is -2.23. The molecule has 0 bridgehead atoms. The third-order valence-corrected chi connectivity index (χ3v) is 2.48. The number of halogens is 1. The summed E-state index contributed by atoms with van der Waals surface area (Å²) in [6, 6.07) is 6.55. The standard InChI is InChI=1S/C11H8ClNO3/c12-8-1-2-9-7(5-8)3-4-13(11(9)16)6-10(14)15/h1-5H,6H2,(H,14,15). The monoisotopic (exact) mass is 237 g/mol. The van der Waals surface area contributed by atoms with E-state index in [1.54, 1.807) is 24.3 Å². The molecule has 4 nitrogen and oxygen atoms in total. The number of hydrogen-bond donors (Lipinski definition) is 1. The smallest absolute Gasteiger partial charge is 0.323 e. The van der Waals surface area contributed by atoms with Crippen LogP contribution in [0.5, 0.6) is 0 Å². The maximum absolute atomic E-state index is 11.8. The molecule has 0 spiro atoms. The largest absolute Gasteiger partial charge is 0.480 e. The van der Waals surface area contributed by atoms with Crippen molar-refractivity contribution in [2.24, 2.45) is 0 Å². The van der Waals surface area contributed by atoms with Gasteiger partial charge in [-0.05, 0) is 29.7 Å².